The fourth-order valence-corrected chi connectivity index (χ4v) is 1.08. The second-order valence-corrected chi connectivity index (χ2v) is 2.42. The minimum Gasteiger partial charge on any atom is -0.387 e. The molecule has 0 saturated carbocycles. The Kier molecular flexibility index (Phi) is 2.68. The van der Waals surface area contributed by atoms with Gasteiger partial charge in [-0.25, -0.2) is 0 Å². The smallest absolute Gasteiger partial charge is 0.248 e. The Morgan fingerprint density at radius 1 is 1.60 bits per heavy atom. The quantitative estimate of drug-likeness (QED) is 0.566. The van der Waals surface area contributed by atoms with Crippen molar-refractivity contribution >= 4 is 5.91 Å². The summed E-state index contributed by atoms with van der Waals surface area (Å²) in [7, 11) is 0. The summed E-state index contributed by atoms with van der Waals surface area (Å²) in [6.07, 6.45) is 3.18. The van der Waals surface area contributed by atoms with Gasteiger partial charge in [-0.3, -0.25) is 4.79 Å². The molecular formula is C7H12NO2. The average Bonchev–Trinajstić information content (AvgIpc) is 2.05. The molecular weight excluding hydrogens is 130 g/mol. The first kappa shape index (κ1) is 7.54. The van der Waals surface area contributed by atoms with Crippen LogP contribution < -0.4 is 0 Å². The number of piperidine rings is 1. The Hall–Kier alpha value is -0.570. The molecule has 1 rings (SSSR count). The molecule has 0 aromatic carbocycles. The van der Waals surface area contributed by atoms with E-state index in [1.807, 2.05) is 6.54 Å². The number of aliphatic hydroxyl groups excluding tert-OH is 1. The second-order valence-electron chi connectivity index (χ2n) is 2.42. The lowest BCUT2D eigenvalue weighted by Crippen LogP contribution is -2.34. The van der Waals surface area contributed by atoms with Crippen molar-refractivity contribution in [3.63, 3.8) is 0 Å². The summed E-state index contributed by atoms with van der Waals surface area (Å²) in [6, 6.07) is 0. The van der Waals surface area contributed by atoms with Crippen LogP contribution in [0, 0.1) is 6.54 Å². The predicted molar refractivity (Wildman–Crippen MR) is 36.9 cm³/mol. The van der Waals surface area contributed by atoms with E-state index in [0.29, 0.717) is 0 Å². The molecule has 1 heterocycles. The maximum absolute atomic E-state index is 10.8. The largest absolute Gasteiger partial charge is 0.387 e. The van der Waals surface area contributed by atoms with E-state index in [1.54, 1.807) is 4.90 Å². The van der Waals surface area contributed by atoms with Crippen molar-refractivity contribution in [2.75, 3.05) is 13.2 Å². The van der Waals surface area contributed by atoms with Crippen LogP contribution in [-0.4, -0.2) is 29.1 Å². The summed E-state index contributed by atoms with van der Waals surface area (Å²) in [5.41, 5.74) is 0. The number of nitrogens with zero attached hydrogens (tertiary/aromatic N) is 1. The zero-order chi connectivity index (χ0) is 7.40. The van der Waals surface area contributed by atoms with Crippen molar-refractivity contribution in [3.05, 3.63) is 6.54 Å². The Morgan fingerprint density at radius 2 is 2.40 bits per heavy atom. The molecule has 0 atom stereocenters. The maximum Gasteiger partial charge on any atom is 0.248 e. The number of amides is 1. The van der Waals surface area contributed by atoms with Crippen molar-refractivity contribution in [3.8, 4) is 0 Å². The Bertz CT molecular complexity index is 119. The molecule has 0 bridgehead atoms. The van der Waals surface area contributed by atoms with Gasteiger partial charge in [0.2, 0.25) is 5.91 Å². The van der Waals surface area contributed by atoms with E-state index >= 15 is 0 Å². The van der Waals surface area contributed by atoms with Gasteiger partial charge in [0, 0.05) is 6.54 Å². The maximum atomic E-state index is 10.8. The molecule has 1 amide bonds. The molecule has 1 radical (unpaired) electrons. The van der Waals surface area contributed by atoms with E-state index in [2.05, 4.69) is 0 Å². The molecule has 0 aromatic rings. The SMILES string of the molecule is O=C(CO)N1[CH]CCCC1. The number of hydrogen-bond donors (Lipinski definition) is 1. The molecule has 1 saturated heterocycles. The molecule has 1 aliphatic heterocycles. The van der Waals surface area contributed by atoms with Gasteiger partial charge in [-0.1, -0.05) is 0 Å². The summed E-state index contributed by atoms with van der Waals surface area (Å²) in [5, 5.41) is 8.48. The topological polar surface area (TPSA) is 40.5 Å². The number of aliphatic hydroxyl groups is 1. The highest BCUT2D eigenvalue weighted by atomic mass is 16.3. The molecule has 1 fully saturated rings. The summed E-state index contributed by atoms with van der Waals surface area (Å²) in [5.74, 6) is -0.181. The van der Waals surface area contributed by atoms with Gasteiger partial charge in [0.05, 0.1) is 6.54 Å². The van der Waals surface area contributed by atoms with E-state index in [9.17, 15) is 4.79 Å². The zero-order valence-electron chi connectivity index (χ0n) is 5.92. The van der Waals surface area contributed by atoms with E-state index < -0.39 is 0 Å². The monoisotopic (exact) mass is 142 g/mol. The third kappa shape index (κ3) is 1.70. The van der Waals surface area contributed by atoms with Crippen molar-refractivity contribution in [1.29, 1.82) is 0 Å². The lowest BCUT2D eigenvalue weighted by molar-refractivity contribution is -0.133. The molecule has 3 heteroatoms. The fraction of sp³-hybridized carbons (Fsp3) is 0.714. The lowest BCUT2D eigenvalue weighted by Gasteiger charge is -2.24. The van der Waals surface area contributed by atoms with Crippen LogP contribution in [0.5, 0.6) is 0 Å². The number of carbonyl (C=O) groups excluding carboxylic acids is 1. The summed E-state index contributed by atoms with van der Waals surface area (Å²) >= 11 is 0. The number of rotatable bonds is 1. The van der Waals surface area contributed by atoms with E-state index in [1.165, 1.54) is 0 Å². The van der Waals surface area contributed by atoms with Crippen molar-refractivity contribution < 1.29 is 9.90 Å². The van der Waals surface area contributed by atoms with Gasteiger partial charge in [-0.15, -0.1) is 0 Å². The Morgan fingerprint density at radius 3 is 2.90 bits per heavy atom. The van der Waals surface area contributed by atoms with Crippen molar-refractivity contribution in [2.45, 2.75) is 19.3 Å². The van der Waals surface area contributed by atoms with Crippen molar-refractivity contribution in [2.24, 2.45) is 0 Å². The first-order chi connectivity index (χ1) is 4.84. The van der Waals surface area contributed by atoms with Gasteiger partial charge < -0.3 is 10.0 Å². The molecule has 57 valence electrons. The molecule has 1 N–H and O–H groups in total. The minimum atomic E-state index is -0.365. The van der Waals surface area contributed by atoms with Crippen LogP contribution in [0.1, 0.15) is 19.3 Å². The van der Waals surface area contributed by atoms with Crippen LogP contribution in [0.15, 0.2) is 0 Å². The fourth-order valence-electron chi connectivity index (χ4n) is 1.08. The van der Waals surface area contributed by atoms with Gasteiger partial charge in [0.25, 0.3) is 0 Å². The Balaban J connectivity index is 2.31. The summed E-state index contributed by atoms with van der Waals surface area (Å²) < 4.78 is 0. The highest BCUT2D eigenvalue weighted by Gasteiger charge is 2.14. The minimum absolute atomic E-state index is 0.181. The number of hydrogen-bond acceptors (Lipinski definition) is 2. The Labute approximate surface area is 60.6 Å². The standard InChI is InChI=1S/C7H12NO2/c9-6-7(10)8-4-2-1-3-5-8/h4,9H,1-3,5-6H2. The van der Waals surface area contributed by atoms with E-state index in [0.717, 1.165) is 25.8 Å². The van der Waals surface area contributed by atoms with Crippen LogP contribution in [0.4, 0.5) is 0 Å². The first-order valence-electron chi connectivity index (χ1n) is 3.58. The van der Waals surface area contributed by atoms with E-state index in [4.69, 9.17) is 5.11 Å². The molecule has 3 nitrogen and oxygen atoms in total. The van der Waals surface area contributed by atoms with Crippen molar-refractivity contribution in [1.82, 2.24) is 4.90 Å². The first-order valence-corrected chi connectivity index (χ1v) is 3.58. The van der Waals surface area contributed by atoms with Crippen LogP contribution in [0.2, 0.25) is 0 Å². The molecule has 0 aromatic heterocycles. The van der Waals surface area contributed by atoms with Crippen LogP contribution in [-0.2, 0) is 4.79 Å². The number of carbonyl (C=O) groups is 1. The van der Waals surface area contributed by atoms with Gasteiger partial charge in [0.1, 0.15) is 6.61 Å². The predicted octanol–water partition coefficient (Wildman–Crippen LogP) is 0.153. The zero-order valence-corrected chi connectivity index (χ0v) is 5.92. The summed E-state index contributed by atoms with van der Waals surface area (Å²) in [6.45, 7) is 2.28. The van der Waals surface area contributed by atoms with Gasteiger partial charge in [0.15, 0.2) is 0 Å². The van der Waals surface area contributed by atoms with Gasteiger partial charge in [-0.2, -0.15) is 0 Å². The highest BCUT2D eigenvalue weighted by Crippen LogP contribution is 2.11. The molecule has 0 unspecified atom stereocenters. The highest BCUT2D eigenvalue weighted by molar-refractivity contribution is 5.77. The normalized spacial score (nSPS) is 19.1. The van der Waals surface area contributed by atoms with Crippen LogP contribution >= 0.6 is 0 Å². The second kappa shape index (κ2) is 3.56. The van der Waals surface area contributed by atoms with Gasteiger partial charge >= 0.3 is 0 Å². The molecule has 0 aliphatic carbocycles. The molecule has 0 spiro atoms. The van der Waals surface area contributed by atoms with Gasteiger partial charge in [-0.05, 0) is 19.3 Å². The number of likely N-dealkylation sites (tertiary alicyclic amines) is 1. The van der Waals surface area contributed by atoms with Crippen LogP contribution in [0.3, 0.4) is 0 Å². The van der Waals surface area contributed by atoms with Crippen LogP contribution in [0.25, 0.3) is 0 Å². The molecule has 10 heavy (non-hydrogen) atoms. The average molecular weight is 142 g/mol. The molecule has 1 aliphatic rings. The lowest BCUT2D eigenvalue weighted by atomic mass is 10.1. The van der Waals surface area contributed by atoms with E-state index in [-0.39, 0.29) is 12.5 Å². The third-order valence-corrected chi connectivity index (χ3v) is 1.66. The summed E-state index contributed by atoms with van der Waals surface area (Å²) in [4.78, 5) is 12.4. The third-order valence-electron chi connectivity index (χ3n) is 1.66.